The lowest BCUT2D eigenvalue weighted by Gasteiger charge is -2.34. The van der Waals surface area contributed by atoms with Crippen LogP contribution in [0.5, 0.6) is 0 Å². The minimum absolute atomic E-state index is 0.0257. The topological polar surface area (TPSA) is 70.2 Å². The molecule has 0 radical (unpaired) electrons. The first-order valence-corrected chi connectivity index (χ1v) is 10.4. The fourth-order valence-electron chi connectivity index (χ4n) is 4.23. The first-order valence-electron chi connectivity index (χ1n) is 10.4. The summed E-state index contributed by atoms with van der Waals surface area (Å²) < 4.78 is 0. The third-order valence-electron chi connectivity index (χ3n) is 5.71. The van der Waals surface area contributed by atoms with Crippen molar-refractivity contribution in [3.8, 4) is 11.4 Å². The largest absolute Gasteiger partial charge is 0.355 e. The molecular formula is C22H29N5O. The smallest absolute Gasteiger partial charge is 0.224 e. The highest BCUT2D eigenvalue weighted by Crippen LogP contribution is 2.33. The molecule has 0 bridgehead atoms. The lowest BCUT2D eigenvalue weighted by molar-refractivity contribution is -0.125. The van der Waals surface area contributed by atoms with Gasteiger partial charge in [0.25, 0.3) is 0 Å². The number of rotatable bonds is 6. The summed E-state index contributed by atoms with van der Waals surface area (Å²) >= 11 is 0. The second-order valence-corrected chi connectivity index (χ2v) is 7.70. The summed E-state index contributed by atoms with van der Waals surface area (Å²) in [5.41, 5.74) is 3.53. The van der Waals surface area contributed by atoms with Gasteiger partial charge in [0.2, 0.25) is 5.91 Å². The van der Waals surface area contributed by atoms with Gasteiger partial charge in [-0.25, -0.2) is 9.97 Å². The van der Waals surface area contributed by atoms with Crippen molar-refractivity contribution in [3.05, 3.63) is 41.6 Å². The summed E-state index contributed by atoms with van der Waals surface area (Å²) in [7, 11) is 1.90. The standard InChI is InChI=1S/C22H29N5O/c1-23-12-13-24-22(28)17-9-6-14-27(15-17)21-18-10-5-11-19(18)25-20(26-21)16-7-3-2-4-8-16/h2-4,7-8,17,23H,5-6,9-15H2,1H3,(H,24,28)/t17-/m0/s1. The summed E-state index contributed by atoms with van der Waals surface area (Å²) in [4.78, 5) is 24.7. The van der Waals surface area contributed by atoms with E-state index in [1.807, 2.05) is 25.2 Å². The Hall–Kier alpha value is -2.47. The van der Waals surface area contributed by atoms with Crippen molar-refractivity contribution in [1.82, 2.24) is 20.6 Å². The Morgan fingerprint density at radius 2 is 2.00 bits per heavy atom. The number of hydrogen-bond donors (Lipinski definition) is 2. The number of hydrogen-bond acceptors (Lipinski definition) is 5. The first-order chi connectivity index (χ1) is 13.8. The van der Waals surface area contributed by atoms with E-state index in [9.17, 15) is 4.79 Å². The molecule has 2 aliphatic rings. The van der Waals surface area contributed by atoms with E-state index in [2.05, 4.69) is 27.7 Å². The van der Waals surface area contributed by atoms with Crippen molar-refractivity contribution in [2.24, 2.45) is 5.92 Å². The molecule has 2 N–H and O–H groups in total. The molecule has 1 aliphatic carbocycles. The minimum atomic E-state index is 0.0257. The number of fused-ring (bicyclic) bond motifs is 1. The Kier molecular flexibility index (Phi) is 5.86. The molecule has 0 unspecified atom stereocenters. The molecule has 1 atom stereocenters. The Balaban J connectivity index is 1.58. The van der Waals surface area contributed by atoms with Gasteiger partial charge < -0.3 is 15.5 Å². The molecular weight excluding hydrogens is 350 g/mol. The van der Waals surface area contributed by atoms with E-state index in [1.165, 1.54) is 11.3 Å². The van der Waals surface area contributed by atoms with Crippen LogP contribution < -0.4 is 15.5 Å². The van der Waals surface area contributed by atoms with Gasteiger partial charge >= 0.3 is 0 Å². The summed E-state index contributed by atoms with van der Waals surface area (Å²) in [5.74, 6) is 2.04. The average molecular weight is 380 g/mol. The molecule has 0 saturated carbocycles. The fourth-order valence-corrected chi connectivity index (χ4v) is 4.23. The van der Waals surface area contributed by atoms with Crippen LogP contribution in [0.1, 0.15) is 30.5 Å². The number of piperidine rings is 1. The average Bonchev–Trinajstić information content (AvgIpc) is 3.22. The summed E-state index contributed by atoms with van der Waals surface area (Å²) in [5, 5.41) is 6.12. The van der Waals surface area contributed by atoms with Gasteiger partial charge in [0, 0.05) is 43.0 Å². The number of nitrogens with one attached hydrogen (secondary N) is 2. The second-order valence-electron chi connectivity index (χ2n) is 7.70. The quantitative estimate of drug-likeness (QED) is 0.753. The number of nitrogens with zero attached hydrogens (tertiary/aromatic N) is 3. The molecule has 28 heavy (non-hydrogen) atoms. The van der Waals surface area contributed by atoms with E-state index < -0.39 is 0 Å². The molecule has 1 aromatic heterocycles. The third-order valence-corrected chi connectivity index (χ3v) is 5.71. The monoisotopic (exact) mass is 379 g/mol. The van der Waals surface area contributed by atoms with Crippen LogP contribution in [-0.2, 0) is 17.6 Å². The predicted octanol–water partition coefficient (Wildman–Crippen LogP) is 2.18. The number of carbonyl (C=O) groups excluding carboxylic acids is 1. The number of amides is 1. The molecule has 1 fully saturated rings. The zero-order valence-electron chi connectivity index (χ0n) is 16.6. The van der Waals surface area contributed by atoms with Crippen molar-refractivity contribution in [2.75, 3.05) is 38.1 Å². The summed E-state index contributed by atoms with van der Waals surface area (Å²) in [6.07, 6.45) is 5.16. The van der Waals surface area contributed by atoms with E-state index in [0.717, 1.165) is 68.9 Å². The lowest BCUT2D eigenvalue weighted by Crippen LogP contribution is -2.44. The summed E-state index contributed by atoms with van der Waals surface area (Å²) in [6.45, 7) is 3.16. The number of likely N-dealkylation sites (N-methyl/N-ethyl adjacent to an activating group) is 1. The van der Waals surface area contributed by atoms with E-state index in [-0.39, 0.29) is 11.8 Å². The Morgan fingerprint density at radius 1 is 1.14 bits per heavy atom. The van der Waals surface area contributed by atoms with Gasteiger partial charge in [0.1, 0.15) is 5.82 Å². The SMILES string of the molecule is CNCCNC(=O)[C@H]1CCCN(c2nc(-c3ccccc3)nc3c2CCC3)C1. The van der Waals surface area contributed by atoms with Gasteiger partial charge in [0.15, 0.2) is 5.82 Å². The molecule has 1 aromatic carbocycles. The van der Waals surface area contributed by atoms with Crippen LogP contribution in [0.25, 0.3) is 11.4 Å². The molecule has 6 heteroatoms. The first kappa shape index (κ1) is 18.9. The van der Waals surface area contributed by atoms with Crippen LogP contribution in [-0.4, -0.2) is 49.1 Å². The van der Waals surface area contributed by atoms with Crippen molar-refractivity contribution < 1.29 is 4.79 Å². The zero-order chi connectivity index (χ0) is 19.3. The lowest BCUT2D eigenvalue weighted by atomic mass is 9.96. The highest BCUT2D eigenvalue weighted by Gasteiger charge is 2.30. The fraction of sp³-hybridized carbons (Fsp3) is 0.500. The van der Waals surface area contributed by atoms with E-state index in [1.54, 1.807) is 0 Å². The molecule has 2 heterocycles. The van der Waals surface area contributed by atoms with E-state index >= 15 is 0 Å². The maximum absolute atomic E-state index is 12.6. The van der Waals surface area contributed by atoms with Crippen molar-refractivity contribution in [2.45, 2.75) is 32.1 Å². The Bertz CT molecular complexity index is 823. The normalized spacial score (nSPS) is 18.8. The number of anilines is 1. The van der Waals surface area contributed by atoms with Gasteiger partial charge in [-0.15, -0.1) is 0 Å². The van der Waals surface area contributed by atoms with Gasteiger partial charge in [-0.3, -0.25) is 4.79 Å². The minimum Gasteiger partial charge on any atom is -0.355 e. The van der Waals surface area contributed by atoms with Gasteiger partial charge in [-0.05, 0) is 39.2 Å². The number of aryl methyl sites for hydroxylation is 1. The molecule has 148 valence electrons. The van der Waals surface area contributed by atoms with E-state index in [4.69, 9.17) is 9.97 Å². The van der Waals surface area contributed by atoms with E-state index in [0.29, 0.717) is 6.54 Å². The second kappa shape index (κ2) is 8.69. The van der Waals surface area contributed by atoms with Crippen LogP contribution >= 0.6 is 0 Å². The van der Waals surface area contributed by atoms with Gasteiger partial charge in [-0.1, -0.05) is 30.3 Å². The van der Waals surface area contributed by atoms with Gasteiger partial charge in [0.05, 0.1) is 5.92 Å². The van der Waals surface area contributed by atoms with Crippen molar-refractivity contribution in [1.29, 1.82) is 0 Å². The summed E-state index contributed by atoms with van der Waals surface area (Å²) in [6, 6.07) is 10.2. The zero-order valence-corrected chi connectivity index (χ0v) is 16.6. The molecule has 4 rings (SSSR count). The molecule has 1 saturated heterocycles. The Morgan fingerprint density at radius 3 is 2.82 bits per heavy atom. The highest BCUT2D eigenvalue weighted by atomic mass is 16.1. The van der Waals surface area contributed by atoms with Crippen LogP contribution in [0.15, 0.2) is 30.3 Å². The van der Waals surface area contributed by atoms with Crippen LogP contribution in [0, 0.1) is 5.92 Å². The molecule has 2 aromatic rings. The van der Waals surface area contributed by atoms with Crippen molar-refractivity contribution >= 4 is 11.7 Å². The number of carbonyl (C=O) groups is 1. The maximum Gasteiger partial charge on any atom is 0.224 e. The number of benzene rings is 1. The van der Waals surface area contributed by atoms with Gasteiger partial charge in [-0.2, -0.15) is 0 Å². The molecule has 6 nitrogen and oxygen atoms in total. The molecule has 0 spiro atoms. The Labute approximate surface area is 166 Å². The maximum atomic E-state index is 12.6. The van der Waals surface area contributed by atoms with Crippen LogP contribution in [0.3, 0.4) is 0 Å². The third kappa shape index (κ3) is 4.02. The van der Waals surface area contributed by atoms with Crippen LogP contribution in [0.2, 0.25) is 0 Å². The molecule has 1 amide bonds. The predicted molar refractivity (Wildman–Crippen MR) is 111 cm³/mol. The van der Waals surface area contributed by atoms with Crippen molar-refractivity contribution in [3.63, 3.8) is 0 Å². The number of aromatic nitrogens is 2. The highest BCUT2D eigenvalue weighted by molar-refractivity contribution is 5.79. The van der Waals surface area contributed by atoms with Crippen LogP contribution in [0.4, 0.5) is 5.82 Å². The molecule has 1 aliphatic heterocycles.